The van der Waals surface area contributed by atoms with E-state index in [1.165, 1.54) is 0 Å². The molecule has 0 fully saturated rings. The van der Waals surface area contributed by atoms with Crippen LogP contribution in [0.4, 0.5) is 5.69 Å². The van der Waals surface area contributed by atoms with E-state index in [4.69, 9.17) is 25.5 Å². The van der Waals surface area contributed by atoms with Crippen LogP contribution in [0.25, 0.3) is 0 Å². The Labute approximate surface area is 169 Å². The molecule has 0 aliphatic carbocycles. The standard InChI is InChI=1S/C22H22ClNO4/c1-15-11-19(8-9-21(15)23)28-16(2)22(25)24-18-6-3-5-17(12-18)13-26-14-20-7-4-10-27-20/h3-12,16H,13-14H2,1-2H3,(H,24,25). The number of carbonyl (C=O) groups excluding carboxylic acids is 1. The zero-order valence-corrected chi connectivity index (χ0v) is 16.5. The van der Waals surface area contributed by atoms with Crippen molar-refractivity contribution in [1.82, 2.24) is 0 Å². The summed E-state index contributed by atoms with van der Waals surface area (Å²) in [5, 5.41) is 3.53. The Bertz CT molecular complexity index is 924. The summed E-state index contributed by atoms with van der Waals surface area (Å²) in [7, 11) is 0. The van der Waals surface area contributed by atoms with E-state index in [2.05, 4.69) is 5.32 Å². The topological polar surface area (TPSA) is 60.7 Å². The minimum Gasteiger partial charge on any atom is -0.481 e. The number of anilines is 1. The van der Waals surface area contributed by atoms with Crippen molar-refractivity contribution in [2.24, 2.45) is 0 Å². The number of amides is 1. The van der Waals surface area contributed by atoms with E-state index in [1.54, 1.807) is 25.3 Å². The minimum absolute atomic E-state index is 0.235. The first-order chi connectivity index (χ1) is 13.5. The minimum atomic E-state index is -0.653. The molecule has 2 aromatic carbocycles. The fraction of sp³-hybridized carbons (Fsp3) is 0.227. The number of rotatable bonds is 8. The third-order valence-corrected chi connectivity index (χ3v) is 4.52. The predicted molar refractivity (Wildman–Crippen MR) is 109 cm³/mol. The molecule has 1 atom stereocenters. The largest absolute Gasteiger partial charge is 0.481 e. The lowest BCUT2D eigenvalue weighted by Gasteiger charge is -2.16. The summed E-state index contributed by atoms with van der Waals surface area (Å²) in [5.41, 5.74) is 2.53. The summed E-state index contributed by atoms with van der Waals surface area (Å²) in [6.07, 6.45) is 0.961. The number of benzene rings is 2. The zero-order valence-electron chi connectivity index (χ0n) is 15.8. The summed E-state index contributed by atoms with van der Waals surface area (Å²) in [4.78, 5) is 12.4. The first-order valence-corrected chi connectivity index (χ1v) is 9.32. The van der Waals surface area contributed by atoms with E-state index in [1.807, 2.05) is 49.4 Å². The van der Waals surface area contributed by atoms with Gasteiger partial charge in [0.05, 0.1) is 12.9 Å². The van der Waals surface area contributed by atoms with E-state index in [-0.39, 0.29) is 5.91 Å². The van der Waals surface area contributed by atoms with Gasteiger partial charge in [0.15, 0.2) is 6.10 Å². The molecule has 1 heterocycles. The molecule has 1 unspecified atom stereocenters. The van der Waals surface area contributed by atoms with Crippen LogP contribution in [-0.4, -0.2) is 12.0 Å². The number of aryl methyl sites for hydroxylation is 1. The molecule has 0 aliphatic rings. The number of carbonyl (C=O) groups is 1. The molecule has 0 saturated carbocycles. The molecule has 1 aromatic heterocycles. The van der Waals surface area contributed by atoms with Crippen LogP contribution >= 0.6 is 11.6 Å². The molecule has 3 rings (SSSR count). The predicted octanol–water partition coefficient (Wildman–Crippen LogP) is 5.36. The number of furan rings is 1. The summed E-state index contributed by atoms with van der Waals surface area (Å²) in [5.74, 6) is 1.14. The van der Waals surface area contributed by atoms with Gasteiger partial charge in [-0.25, -0.2) is 0 Å². The highest BCUT2D eigenvalue weighted by atomic mass is 35.5. The summed E-state index contributed by atoms with van der Waals surface area (Å²) < 4.78 is 16.6. The Kier molecular flexibility index (Phi) is 6.74. The average molecular weight is 400 g/mol. The van der Waals surface area contributed by atoms with Crippen LogP contribution in [0.5, 0.6) is 5.75 Å². The summed E-state index contributed by atoms with van der Waals surface area (Å²) in [6.45, 7) is 4.41. The number of ether oxygens (including phenoxy) is 2. The average Bonchev–Trinajstić information content (AvgIpc) is 3.18. The smallest absolute Gasteiger partial charge is 0.265 e. The molecule has 3 aromatic rings. The molecular weight excluding hydrogens is 378 g/mol. The highest BCUT2D eigenvalue weighted by Gasteiger charge is 2.15. The molecule has 6 heteroatoms. The van der Waals surface area contributed by atoms with E-state index in [9.17, 15) is 4.79 Å². The van der Waals surface area contributed by atoms with Crippen LogP contribution in [0, 0.1) is 6.92 Å². The third kappa shape index (κ3) is 5.62. The molecule has 1 N–H and O–H groups in total. The highest BCUT2D eigenvalue weighted by Crippen LogP contribution is 2.22. The Balaban J connectivity index is 1.53. The summed E-state index contributed by atoms with van der Waals surface area (Å²) in [6, 6.07) is 16.5. The second-order valence-electron chi connectivity index (χ2n) is 6.43. The maximum absolute atomic E-state index is 12.4. The van der Waals surface area contributed by atoms with Gasteiger partial charge in [-0.15, -0.1) is 0 Å². The molecule has 28 heavy (non-hydrogen) atoms. The second-order valence-corrected chi connectivity index (χ2v) is 6.84. The number of hydrogen-bond donors (Lipinski definition) is 1. The molecule has 0 bridgehead atoms. The van der Waals surface area contributed by atoms with E-state index >= 15 is 0 Å². The maximum atomic E-state index is 12.4. The van der Waals surface area contributed by atoms with Gasteiger partial charge in [0.2, 0.25) is 0 Å². The Morgan fingerprint density at radius 3 is 2.75 bits per heavy atom. The first kappa shape index (κ1) is 20.0. The molecule has 0 spiro atoms. The molecule has 0 aliphatic heterocycles. The Hall–Kier alpha value is -2.76. The van der Waals surface area contributed by atoms with Crippen LogP contribution in [0.3, 0.4) is 0 Å². The lowest BCUT2D eigenvalue weighted by atomic mass is 10.2. The molecule has 0 saturated heterocycles. The van der Waals surface area contributed by atoms with Crippen LogP contribution in [-0.2, 0) is 22.7 Å². The summed E-state index contributed by atoms with van der Waals surface area (Å²) >= 11 is 6.02. The molecule has 146 valence electrons. The number of hydrogen-bond acceptors (Lipinski definition) is 4. The van der Waals surface area contributed by atoms with Crippen molar-refractivity contribution < 1.29 is 18.7 Å². The first-order valence-electron chi connectivity index (χ1n) is 8.94. The van der Waals surface area contributed by atoms with Crippen molar-refractivity contribution in [3.8, 4) is 5.75 Å². The lowest BCUT2D eigenvalue weighted by Crippen LogP contribution is -2.30. The van der Waals surface area contributed by atoms with Gasteiger partial charge in [-0.05, 0) is 67.4 Å². The zero-order chi connectivity index (χ0) is 19.9. The molecule has 0 radical (unpaired) electrons. The van der Waals surface area contributed by atoms with E-state index in [0.717, 1.165) is 16.9 Å². The SMILES string of the molecule is Cc1cc(OC(C)C(=O)Nc2cccc(COCc3ccco3)c2)ccc1Cl. The maximum Gasteiger partial charge on any atom is 0.265 e. The van der Waals surface area contributed by atoms with E-state index in [0.29, 0.717) is 29.7 Å². The quantitative estimate of drug-likeness (QED) is 0.553. The van der Waals surface area contributed by atoms with Gasteiger partial charge in [-0.2, -0.15) is 0 Å². The van der Waals surface area contributed by atoms with Gasteiger partial charge < -0.3 is 19.2 Å². The van der Waals surface area contributed by atoms with Crippen LogP contribution in [0.15, 0.2) is 65.3 Å². The lowest BCUT2D eigenvalue weighted by molar-refractivity contribution is -0.122. The van der Waals surface area contributed by atoms with Gasteiger partial charge in [0.25, 0.3) is 5.91 Å². The van der Waals surface area contributed by atoms with Crippen LogP contribution in [0.2, 0.25) is 5.02 Å². The second kappa shape index (κ2) is 9.44. The Morgan fingerprint density at radius 1 is 1.14 bits per heavy atom. The van der Waals surface area contributed by atoms with Crippen molar-refractivity contribution in [1.29, 1.82) is 0 Å². The van der Waals surface area contributed by atoms with Gasteiger partial charge in [-0.1, -0.05) is 23.7 Å². The van der Waals surface area contributed by atoms with Crippen molar-refractivity contribution in [2.75, 3.05) is 5.32 Å². The van der Waals surface area contributed by atoms with Gasteiger partial charge in [-0.3, -0.25) is 4.79 Å². The fourth-order valence-corrected chi connectivity index (χ4v) is 2.71. The third-order valence-electron chi connectivity index (χ3n) is 4.10. The van der Waals surface area contributed by atoms with Crippen LogP contribution < -0.4 is 10.1 Å². The normalized spacial score (nSPS) is 11.8. The van der Waals surface area contributed by atoms with Gasteiger partial charge >= 0.3 is 0 Å². The monoisotopic (exact) mass is 399 g/mol. The fourth-order valence-electron chi connectivity index (χ4n) is 2.60. The van der Waals surface area contributed by atoms with Crippen molar-refractivity contribution in [2.45, 2.75) is 33.2 Å². The molecular formula is C22H22ClNO4. The number of nitrogens with one attached hydrogen (secondary N) is 1. The Morgan fingerprint density at radius 2 is 2.00 bits per heavy atom. The highest BCUT2D eigenvalue weighted by molar-refractivity contribution is 6.31. The van der Waals surface area contributed by atoms with Gasteiger partial charge in [0, 0.05) is 10.7 Å². The molecule has 5 nitrogen and oxygen atoms in total. The van der Waals surface area contributed by atoms with Crippen LogP contribution in [0.1, 0.15) is 23.8 Å². The van der Waals surface area contributed by atoms with Crippen molar-refractivity contribution in [3.05, 3.63) is 82.8 Å². The molecule has 1 amide bonds. The number of halogens is 1. The van der Waals surface area contributed by atoms with Gasteiger partial charge in [0.1, 0.15) is 18.1 Å². The van der Waals surface area contributed by atoms with Crippen molar-refractivity contribution in [3.63, 3.8) is 0 Å². The van der Waals surface area contributed by atoms with Crippen molar-refractivity contribution >= 4 is 23.2 Å². The van der Waals surface area contributed by atoms with E-state index < -0.39 is 6.10 Å².